The first-order chi connectivity index (χ1) is 8.65. The summed E-state index contributed by atoms with van der Waals surface area (Å²) in [4.78, 5) is 18.7. The van der Waals surface area contributed by atoms with Gasteiger partial charge in [0.1, 0.15) is 6.54 Å². The largest absolute Gasteiger partial charge is 0.480 e. The molecule has 0 amide bonds. The Hall–Kier alpha value is -1.95. The highest BCUT2D eigenvalue weighted by Gasteiger charge is 2.03. The molecular formula is C12H10BrN3O2. The van der Waals surface area contributed by atoms with E-state index in [1.165, 1.54) is 0 Å². The zero-order valence-electron chi connectivity index (χ0n) is 9.30. The van der Waals surface area contributed by atoms with Gasteiger partial charge in [0, 0.05) is 16.2 Å². The van der Waals surface area contributed by atoms with E-state index in [0.29, 0.717) is 5.95 Å². The molecule has 0 unspecified atom stereocenters. The number of aliphatic carboxylic acids is 1. The number of nitrogens with zero attached hydrogens (tertiary/aromatic N) is 2. The molecule has 0 radical (unpaired) electrons. The number of carbonyl (C=O) groups is 1. The van der Waals surface area contributed by atoms with Gasteiger partial charge >= 0.3 is 5.97 Å². The minimum atomic E-state index is -0.952. The minimum absolute atomic E-state index is 0.206. The molecule has 2 N–H and O–H groups in total. The van der Waals surface area contributed by atoms with Crippen LogP contribution in [-0.2, 0) is 4.79 Å². The van der Waals surface area contributed by atoms with Gasteiger partial charge in [-0.05, 0) is 18.2 Å². The maximum atomic E-state index is 10.4. The van der Waals surface area contributed by atoms with Crippen molar-refractivity contribution < 1.29 is 9.90 Å². The summed E-state index contributed by atoms with van der Waals surface area (Å²) in [5.41, 5.74) is 1.67. The van der Waals surface area contributed by atoms with Gasteiger partial charge in [0.05, 0.1) is 5.69 Å². The number of anilines is 1. The first-order valence-electron chi connectivity index (χ1n) is 5.20. The molecular weight excluding hydrogens is 298 g/mol. The summed E-state index contributed by atoms with van der Waals surface area (Å²) in [5, 5.41) is 11.2. The van der Waals surface area contributed by atoms with Gasteiger partial charge < -0.3 is 10.4 Å². The van der Waals surface area contributed by atoms with E-state index < -0.39 is 5.97 Å². The van der Waals surface area contributed by atoms with Crippen LogP contribution in [-0.4, -0.2) is 27.6 Å². The first kappa shape index (κ1) is 12.5. The van der Waals surface area contributed by atoms with Crippen LogP contribution >= 0.6 is 15.9 Å². The van der Waals surface area contributed by atoms with Crippen molar-refractivity contribution >= 4 is 27.8 Å². The highest BCUT2D eigenvalue weighted by atomic mass is 79.9. The van der Waals surface area contributed by atoms with Crippen LogP contribution in [0.5, 0.6) is 0 Å². The van der Waals surface area contributed by atoms with Crippen molar-refractivity contribution in [1.29, 1.82) is 0 Å². The van der Waals surface area contributed by atoms with Crippen LogP contribution in [0.25, 0.3) is 11.3 Å². The zero-order chi connectivity index (χ0) is 13.0. The average Bonchev–Trinajstić information content (AvgIpc) is 2.37. The molecule has 2 aromatic rings. The molecule has 0 aliphatic rings. The summed E-state index contributed by atoms with van der Waals surface area (Å²) in [6.07, 6.45) is 1.59. The summed E-state index contributed by atoms with van der Waals surface area (Å²) < 4.78 is 0.957. The quantitative estimate of drug-likeness (QED) is 0.907. The SMILES string of the molecule is O=C(O)CNc1nccc(-c2cccc(Br)c2)n1. The van der Waals surface area contributed by atoms with E-state index in [2.05, 4.69) is 31.2 Å². The van der Waals surface area contributed by atoms with Gasteiger partial charge in [-0.2, -0.15) is 0 Å². The van der Waals surface area contributed by atoms with Crippen LogP contribution in [0.15, 0.2) is 41.0 Å². The molecule has 0 fully saturated rings. The molecule has 1 aromatic heterocycles. The lowest BCUT2D eigenvalue weighted by Gasteiger charge is -2.05. The third-order valence-electron chi connectivity index (χ3n) is 2.17. The number of hydrogen-bond donors (Lipinski definition) is 2. The van der Waals surface area contributed by atoms with E-state index >= 15 is 0 Å². The molecule has 1 heterocycles. The lowest BCUT2D eigenvalue weighted by molar-refractivity contribution is -0.134. The number of benzene rings is 1. The molecule has 18 heavy (non-hydrogen) atoms. The topological polar surface area (TPSA) is 75.1 Å². The fourth-order valence-electron chi connectivity index (χ4n) is 1.41. The molecule has 92 valence electrons. The second-order valence-corrected chi connectivity index (χ2v) is 4.44. The summed E-state index contributed by atoms with van der Waals surface area (Å²) in [7, 11) is 0. The zero-order valence-corrected chi connectivity index (χ0v) is 10.9. The molecule has 0 bridgehead atoms. The third-order valence-corrected chi connectivity index (χ3v) is 2.67. The third kappa shape index (κ3) is 3.27. The maximum absolute atomic E-state index is 10.4. The molecule has 2 rings (SSSR count). The molecule has 6 heteroatoms. The lowest BCUT2D eigenvalue weighted by atomic mass is 10.1. The highest BCUT2D eigenvalue weighted by Crippen LogP contribution is 2.21. The van der Waals surface area contributed by atoms with Crippen molar-refractivity contribution in [3.8, 4) is 11.3 Å². The Balaban J connectivity index is 2.24. The Morgan fingerprint density at radius 2 is 2.22 bits per heavy atom. The number of rotatable bonds is 4. The molecule has 0 saturated heterocycles. The molecule has 5 nitrogen and oxygen atoms in total. The Labute approximate surface area is 112 Å². The number of aromatic nitrogens is 2. The van der Waals surface area contributed by atoms with Crippen LogP contribution in [0, 0.1) is 0 Å². The molecule has 0 aliphatic heterocycles. The summed E-state index contributed by atoms with van der Waals surface area (Å²) in [6, 6.07) is 9.46. The molecule has 0 aliphatic carbocycles. The summed E-state index contributed by atoms with van der Waals surface area (Å²) in [5.74, 6) is -0.652. The van der Waals surface area contributed by atoms with Crippen LogP contribution < -0.4 is 5.32 Å². The van der Waals surface area contributed by atoms with E-state index in [1.54, 1.807) is 12.3 Å². The number of carboxylic acid groups (broad SMARTS) is 1. The van der Waals surface area contributed by atoms with Gasteiger partial charge in [-0.15, -0.1) is 0 Å². The van der Waals surface area contributed by atoms with Crippen LogP contribution in [0.3, 0.4) is 0 Å². The molecule has 0 atom stereocenters. The van der Waals surface area contributed by atoms with Crippen molar-refractivity contribution in [3.63, 3.8) is 0 Å². The lowest BCUT2D eigenvalue weighted by Crippen LogP contribution is -2.14. The predicted molar refractivity (Wildman–Crippen MR) is 71.3 cm³/mol. The van der Waals surface area contributed by atoms with Crippen molar-refractivity contribution in [3.05, 3.63) is 41.0 Å². The smallest absolute Gasteiger partial charge is 0.322 e. The number of halogens is 1. The maximum Gasteiger partial charge on any atom is 0.322 e. The van der Waals surface area contributed by atoms with Crippen molar-refractivity contribution in [2.45, 2.75) is 0 Å². The van der Waals surface area contributed by atoms with E-state index in [0.717, 1.165) is 15.7 Å². The van der Waals surface area contributed by atoms with Crippen LogP contribution in [0.2, 0.25) is 0 Å². The summed E-state index contributed by atoms with van der Waals surface area (Å²) >= 11 is 3.39. The second kappa shape index (κ2) is 5.59. The fourth-order valence-corrected chi connectivity index (χ4v) is 1.81. The van der Waals surface area contributed by atoms with E-state index in [1.807, 2.05) is 24.3 Å². The Morgan fingerprint density at radius 1 is 1.39 bits per heavy atom. The van der Waals surface area contributed by atoms with Gasteiger partial charge in [-0.3, -0.25) is 4.79 Å². The van der Waals surface area contributed by atoms with Gasteiger partial charge in [-0.1, -0.05) is 28.1 Å². The van der Waals surface area contributed by atoms with Gasteiger partial charge in [0.25, 0.3) is 0 Å². The Kier molecular flexibility index (Phi) is 3.88. The van der Waals surface area contributed by atoms with Crippen LogP contribution in [0.4, 0.5) is 5.95 Å². The highest BCUT2D eigenvalue weighted by molar-refractivity contribution is 9.10. The normalized spacial score (nSPS) is 10.1. The monoisotopic (exact) mass is 307 g/mol. The number of nitrogens with one attached hydrogen (secondary N) is 1. The summed E-state index contributed by atoms with van der Waals surface area (Å²) in [6.45, 7) is -0.206. The Bertz CT molecular complexity index is 575. The second-order valence-electron chi connectivity index (χ2n) is 3.52. The van der Waals surface area contributed by atoms with Crippen molar-refractivity contribution in [2.24, 2.45) is 0 Å². The van der Waals surface area contributed by atoms with Crippen molar-refractivity contribution in [2.75, 3.05) is 11.9 Å². The van der Waals surface area contributed by atoms with E-state index in [4.69, 9.17) is 5.11 Å². The Morgan fingerprint density at radius 3 is 2.94 bits per heavy atom. The van der Waals surface area contributed by atoms with Crippen LogP contribution in [0.1, 0.15) is 0 Å². The average molecular weight is 308 g/mol. The van der Waals surface area contributed by atoms with E-state index in [-0.39, 0.29) is 6.54 Å². The predicted octanol–water partition coefficient (Wildman–Crippen LogP) is 2.40. The van der Waals surface area contributed by atoms with Gasteiger partial charge in [-0.25, -0.2) is 9.97 Å². The molecule has 1 aromatic carbocycles. The van der Waals surface area contributed by atoms with Crippen molar-refractivity contribution in [1.82, 2.24) is 9.97 Å². The van der Waals surface area contributed by atoms with Gasteiger partial charge in [0.15, 0.2) is 0 Å². The molecule has 0 saturated carbocycles. The standard InChI is InChI=1S/C12H10BrN3O2/c13-9-3-1-2-8(6-9)10-4-5-14-12(16-10)15-7-11(17)18/h1-6H,7H2,(H,17,18)(H,14,15,16). The van der Waals surface area contributed by atoms with Gasteiger partial charge in [0.2, 0.25) is 5.95 Å². The number of carboxylic acids is 1. The minimum Gasteiger partial charge on any atom is -0.480 e. The molecule has 0 spiro atoms. The number of hydrogen-bond acceptors (Lipinski definition) is 4. The van der Waals surface area contributed by atoms with E-state index in [9.17, 15) is 4.79 Å². The first-order valence-corrected chi connectivity index (χ1v) is 5.99. The fraction of sp³-hybridized carbons (Fsp3) is 0.0833.